The average molecular weight is 302 g/mol. The minimum absolute atomic E-state index is 0.179. The molecule has 0 spiro atoms. The van der Waals surface area contributed by atoms with E-state index >= 15 is 0 Å². The van der Waals surface area contributed by atoms with Gasteiger partial charge in [0, 0.05) is 11.6 Å². The summed E-state index contributed by atoms with van der Waals surface area (Å²) in [6.07, 6.45) is 4.34. The van der Waals surface area contributed by atoms with Crippen molar-refractivity contribution in [2.75, 3.05) is 12.9 Å². The number of carbonyl (C=O) groups excluding carboxylic acids is 1. The first-order valence-electron chi connectivity index (χ1n) is 6.74. The predicted molar refractivity (Wildman–Crippen MR) is 77.7 cm³/mol. The number of ether oxygens (including phenoxy) is 1. The van der Waals surface area contributed by atoms with E-state index in [1.54, 1.807) is 0 Å². The molecule has 0 radical (unpaired) electrons. The molecule has 0 heterocycles. The summed E-state index contributed by atoms with van der Waals surface area (Å²) >= 11 is 1.34. The molecular formula is C15H20F2O2S. The smallest absolute Gasteiger partial charge is 0.323 e. The number of halogens is 2. The lowest BCUT2D eigenvalue weighted by Gasteiger charge is -2.15. The Balaban J connectivity index is 2.71. The van der Waals surface area contributed by atoms with Crippen LogP contribution >= 0.6 is 11.8 Å². The number of unbranched alkanes of at least 4 members (excludes halogenated alkanes) is 3. The molecule has 5 heteroatoms. The molecule has 1 aromatic rings. The second-order valence-corrected chi connectivity index (χ2v) is 5.71. The molecule has 0 aromatic heterocycles. The number of hydrogen-bond donors (Lipinski definition) is 0. The Bertz CT molecular complexity index is 438. The van der Waals surface area contributed by atoms with Crippen molar-refractivity contribution in [2.45, 2.75) is 37.9 Å². The van der Waals surface area contributed by atoms with Gasteiger partial charge in [-0.3, -0.25) is 4.79 Å². The Morgan fingerprint density at radius 2 is 2.05 bits per heavy atom. The topological polar surface area (TPSA) is 26.3 Å². The third kappa shape index (κ3) is 5.12. The molecule has 0 bridgehead atoms. The number of hydrogen-bond acceptors (Lipinski definition) is 3. The van der Waals surface area contributed by atoms with E-state index in [1.165, 1.54) is 24.9 Å². The zero-order valence-corrected chi connectivity index (χ0v) is 12.6. The molecule has 0 saturated carbocycles. The van der Waals surface area contributed by atoms with Crippen molar-refractivity contribution in [2.24, 2.45) is 0 Å². The monoisotopic (exact) mass is 302 g/mol. The molecule has 20 heavy (non-hydrogen) atoms. The minimum atomic E-state index is -0.734. The Kier molecular flexibility index (Phi) is 7.59. The van der Waals surface area contributed by atoms with Crippen molar-refractivity contribution >= 4 is 17.7 Å². The van der Waals surface area contributed by atoms with Gasteiger partial charge in [-0.15, -0.1) is 11.8 Å². The number of thioether (sulfide) groups is 1. The average Bonchev–Trinajstić information content (AvgIpc) is 2.43. The lowest BCUT2D eigenvalue weighted by molar-refractivity contribution is -0.140. The maximum Gasteiger partial charge on any atom is 0.323 e. The lowest BCUT2D eigenvalue weighted by atomic mass is 10.1. The predicted octanol–water partition coefficient (Wildman–Crippen LogP) is 4.49. The number of rotatable bonds is 8. The zero-order valence-electron chi connectivity index (χ0n) is 11.8. The summed E-state index contributed by atoms with van der Waals surface area (Å²) in [6, 6.07) is 3.26. The first kappa shape index (κ1) is 17.0. The number of methoxy groups -OCH3 is 1. The SMILES string of the molecule is CCCCCCSC(C(=O)OC)c1ccc(F)cc1F. The van der Waals surface area contributed by atoms with Crippen LogP contribution in [0.4, 0.5) is 8.78 Å². The molecule has 1 atom stereocenters. The van der Waals surface area contributed by atoms with Gasteiger partial charge in [0.15, 0.2) is 0 Å². The zero-order chi connectivity index (χ0) is 15.0. The van der Waals surface area contributed by atoms with Gasteiger partial charge in [-0.25, -0.2) is 8.78 Å². The standard InChI is InChI=1S/C15H20F2O2S/c1-3-4-5-6-9-20-14(15(18)19-2)12-8-7-11(16)10-13(12)17/h7-8,10,14H,3-6,9H2,1-2H3. The van der Waals surface area contributed by atoms with Crippen LogP contribution in [0.2, 0.25) is 0 Å². The van der Waals surface area contributed by atoms with E-state index in [-0.39, 0.29) is 5.56 Å². The van der Waals surface area contributed by atoms with E-state index in [0.29, 0.717) is 0 Å². The minimum Gasteiger partial charge on any atom is -0.468 e. The molecule has 112 valence electrons. The molecule has 1 rings (SSSR count). The number of esters is 1. The van der Waals surface area contributed by atoms with Crippen LogP contribution in [-0.2, 0) is 9.53 Å². The van der Waals surface area contributed by atoms with Crippen molar-refractivity contribution in [1.82, 2.24) is 0 Å². The quantitative estimate of drug-likeness (QED) is 0.523. The van der Waals surface area contributed by atoms with Gasteiger partial charge in [0.05, 0.1) is 7.11 Å². The second-order valence-electron chi connectivity index (χ2n) is 4.50. The number of carbonyl (C=O) groups is 1. The molecule has 1 unspecified atom stereocenters. The van der Waals surface area contributed by atoms with Gasteiger partial charge >= 0.3 is 5.97 Å². The highest BCUT2D eigenvalue weighted by Crippen LogP contribution is 2.33. The van der Waals surface area contributed by atoms with Crippen LogP contribution in [-0.4, -0.2) is 18.8 Å². The van der Waals surface area contributed by atoms with Gasteiger partial charge in [0.1, 0.15) is 16.9 Å². The summed E-state index contributed by atoms with van der Waals surface area (Å²) in [4.78, 5) is 11.8. The lowest BCUT2D eigenvalue weighted by Crippen LogP contribution is -2.13. The summed E-state index contributed by atoms with van der Waals surface area (Å²) in [5.74, 6) is -1.11. The van der Waals surface area contributed by atoms with Gasteiger partial charge < -0.3 is 4.74 Å². The Morgan fingerprint density at radius 1 is 1.30 bits per heavy atom. The maximum atomic E-state index is 13.8. The Labute approximate surface area is 122 Å². The van der Waals surface area contributed by atoms with E-state index in [4.69, 9.17) is 4.74 Å². The van der Waals surface area contributed by atoms with E-state index in [9.17, 15) is 13.6 Å². The Morgan fingerprint density at radius 3 is 2.65 bits per heavy atom. The van der Waals surface area contributed by atoms with Crippen LogP contribution in [0, 0.1) is 11.6 Å². The molecule has 0 amide bonds. The van der Waals surface area contributed by atoms with Crippen molar-refractivity contribution in [1.29, 1.82) is 0 Å². The van der Waals surface area contributed by atoms with E-state index in [1.807, 2.05) is 0 Å². The third-order valence-corrected chi connectivity index (χ3v) is 4.25. The fraction of sp³-hybridized carbons (Fsp3) is 0.533. The van der Waals surface area contributed by atoms with Gasteiger partial charge in [-0.2, -0.15) is 0 Å². The van der Waals surface area contributed by atoms with E-state index in [2.05, 4.69) is 6.92 Å². The summed E-state index contributed by atoms with van der Waals surface area (Å²) in [5, 5.41) is -0.734. The van der Waals surface area contributed by atoms with Crippen LogP contribution in [0.5, 0.6) is 0 Å². The summed E-state index contributed by atoms with van der Waals surface area (Å²) in [7, 11) is 1.27. The van der Waals surface area contributed by atoms with Crippen LogP contribution < -0.4 is 0 Å². The van der Waals surface area contributed by atoms with Crippen LogP contribution in [0.15, 0.2) is 18.2 Å². The second kappa shape index (κ2) is 8.95. The van der Waals surface area contributed by atoms with Crippen LogP contribution in [0.1, 0.15) is 43.4 Å². The summed E-state index contributed by atoms with van der Waals surface area (Å²) in [6.45, 7) is 2.12. The summed E-state index contributed by atoms with van der Waals surface area (Å²) < 4.78 is 31.4. The van der Waals surface area contributed by atoms with Crippen LogP contribution in [0.25, 0.3) is 0 Å². The molecular weight excluding hydrogens is 282 g/mol. The first-order chi connectivity index (χ1) is 9.60. The molecule has 0 aliphatic carbocycles. The van der Waals surface area contributed by atoms with Gasteiger partial charge in [-0.05, 0) is 18.2 Å². The van der Waals surface area contributed by atoms with Gasteiger partial charge in [-0.1, -0.05) is 32.3 Å². The molecule has 0 aliphatic rings. The molecule has 2 nitrogen and oxygen atoms in total. The van der Waals surface area contributed by atoms with Crippen molar-refractivity contribution in [3.63, 3.8) is 0 Å². The maximum absolute atomic E-state index is 13.8. The molecule has 0 saturated heterocycles. The fourth-order valence-electron chi connectivity index (χ4n) is 1.84. The highest BCUT2D eigenvalue weighted by molar-refractivity contribution is 8.00. The van der Waals surface area contributed by atoms with Gasteiger partial charge in [0.25, 0.3) is 0 Å². The highest BCUT2D eigenvalue weighted by atomic mass is 32.2. The summed E-state index contributed by atoms with van der Waals surface area (Å²) in [5.41, 5.74) is 0.179. The van der Waals surface area contributed by atoms with Gasteiger partial charge in [0.2, 0.25) is 0 Å². The normalized spacial score (nSPS) is 12.2. The van der Waals surface area contributed by atoms with Crippen molar-refractivity contribution in [3.05, 3.63) is 35.4 Å². The molecule has 0 fully saturated rings. The van der Waals surface area contributed by atoms with E-state index in [0.717, 1.165) is 43.6 Å². The molecule has 0 N–H and O–H groups in total. The van der Waals surface area contributed by atoms with Crippen molar-refractivity contribution in [3.8, 4) is 0 Å². The Hall–Kier alpha value is -1.10. The molecule has 0 aliphatic heterocycles. The largest absolute Gasteiger partial charge is 0.468 e. The fourth-order valence-corrected chi connectivity index (χ4v) is 3.05. The van der Waals surface area contributed by atoms with Crippen LogP contribution in [0.3, 0.4) is 0 Å². The molecule has 1 aromatic carbocycles. The van der Waals surface area contributed by atoms with Crippen molar-refractivity contribution < 1.29 is 18.3 Å². The highest BCUT2D eigenvalue weighted by Gasteiger charge is 2.25. The van der Waals surface area contributed by atoms with E-state index < -0.39 is 22.9 Å². The first-order valence-corrected chi connectivity index (χ1v) is 7.79. The number of benzene rings is 1. The third-order valence-electron chi connectivity index (χ3n) is 2.94.